The van der Waals surface area contributed by atoms with E-state index in [0.717, 1.165) is 12.7 Å². The van der Waals surface area contributed by atoms with Crippen LogP contribution in [0, 0.1) is 0 Å². The Labute approximate surface area is 203 Å². The van der Waals surface area contributed by atoms with Gasteiger partial charge in [0, 0.05) is 0 Å². The SMILES string of the molecule is COC(=O)[C@@H](NC(=O)OCc1ccccc1)C(C)OP(=O)(Oc1ccccc1)Oc1ccccc1. The predicted octanol–water partition coefficient (Wildman–Crippen LogP) is 5.13. The number of esters is 1. The van der Waals surface area contributed by atoms with E-state index in [-0.39, 0.29) is 18.1 Å². The number of carbonyl (C=O) groups excluding carboxylic acids is 2. The van der Waals surface area contributed by atoms with Gasteiger partial charge in [-0.25, -0.2) is 14.2 Å². The summed E-state index contributed by atoms with van der Waals surface area (Å²) in [4.78, 5) is 24.8. The van der Waals surface area contributed by atoms with Gasteiger partial charge in [-0.3, -0.25) is 4.52 Å². The number of benzene rings is 3. The van der Waals surface area contributed by atoms with Gasteiger partial charge in [0.1, 0.15) is 18.1 Å². The molecule has 3 rings (SSSR count). The maximum absolute atomic E-state index is 13.6. The molecule has 0 saturated heterocycles. The molecule has 0 aliphatic carbocycles. The molecule has 1 amide bonds. The summed E-state index contributed by atoms with van der Waals surface area (Å²) in [6.07, 6.45) is -2.08. The first-order chi connectivity index (χ1) is 16.9. The Hall–Kier alpha value is -3.81. The Morgan fingerprint density at radius 3 is 1.80 bits per heavy atom. The molecule has 0 heterocycles. The van der Waals surface area contributed by atoms with Crippen molar-refractivity contribution in [1.29, 1.82) is 0 Å². The molecule has 0 aromatic heterocycles. The number of nitrogens with one attached hydrogen (secondary N) is 1. The summed E-state index contributed by atoms with van der Waals surface area (Å²) in [6.45, 7) is 1.41. The van der Waals surface area contributed by atoms with E-state index in [0.29, 0.717) is 0 Å². The van der Waals surface area contributed by atoms with Crippen LogP contribution in [0.15, 0.2) is 91.0 Å². The highest BCUT2D eigenvalue weighted by Crippen LogP contribution is 2.50. The minimum Gasteiger partial charge on any atom is -0.467 e. The van der Waals surface area contributed by atoms with Gasteiger partial charge in [0.05, 0.1) is 13.2 Å². The van der Waals surface area contributed by atoms with Crippen LogP contribution in [0.3, 0.4) is 0 Å². The first-order valence-electron chi connectivity index (χ1n) is 10.7. The van der Waals surface area contributed by atoms with Crippen LogP contribution in [0.25, 0.3) is 0 Å². The largest absolute Gasteiger partial charge is 0.587 e. The summed E-state index contributed by atoms with van der Waals surface area (Å²) in [6, 6.07) is 24.2. The second-order valence-corrected chi connectivity index (χ2v) is 8.74. The van der Waals surface area contributed by atoms with Gasteiger partial charge in [0.15, 0.2) is 6.04 Å². The maximum Gasteiger partial charge on any atom is 0.587 e. The number of amides is 1. The first kappa shape index (κ1) is 25.8. The van der Waals surface area contributed by atoms with E-state index in [4.69, 9.17) is 23.0 Å². The number of rotatable bonds is 11. The number of hydrogen-bond acceptors (Lipinski definition) is 8. The van der Waals surface area contributed by atoms with E-state index >= 15 is 0 Å². The molecular weight excluding hydrogens is 473 g/mol. The van der Waals surface area contributed by atoms with Crippen LogP contribution < -0.4 is 14.4 Å². The van der Waals surface area contributed by atoms with Crippen LogP contribution in [0.2, 0.25) is 0 Å². The summed E-state index contributed by atoms with van der Waals surface area (Å²) in [5.41, 5.74) is 0.763. The molecule has 0 radical (unpaired) electrons. The lowest BCUT2D eigenvalue weighted by Crippen LogP contribution is -2.49. The molecule has 0 spiro atoms. The van der Waals surface area contributed by atoms with Crippen LogP contribution in [0.1, 0.15) is 12.5 Å². The van der Waals surface area contributed by atoms with Gasteiger partial charge in [-0.2, -0.15) is 0 Å². The van der Waals surface area contributed by atoms with E-state index in [1.807, 2.05) is 6.07 Å². The lowest BCUT2D eigenvalue weighted by atomic mass is 10.2. The van der Waals surface area contributed by atoms with Gasteiger partial charge in [-0.15, -0.1) is 0 Å². The lowest BCUT2D eigenvalue weighted by Gasteiger charge is -2.26. The molecule has 2 atom stereocenters. The summed E-state index contributed by atoms with van der Waals surface area (Å²) in [7, 11) is -3.18. The smallest absolute Gasteiger partial charge is 0.467 e. The molecule has 1 unspecified atom stereocenters. The van der Waals surface area contributed by atoms with Gasteiger partial charge in [-0.05, 0) is 36.8 Å². The summed E-state index contributed by atoms with van der Waals surface area (Å²) >= 11 is 0. The van der Waals surface area contributed by atoms with Crippen molar-refractivity contribution in [2.45, 2.75) is 25.7 Å². The van der Waals surface area contributed by atoms with Crippen LogP contribution >= 0.6 is 7.82 Å². The molecule has 35 heavy (non-hydrogen) atoms. The number of ether oxygens (including phenoxy) is 2. The average Bonchev–Trinajstić information content (AvgIpc) is 2.87. The Morgan fingerprint density at radius 2 is 1.31 bits per heavy atom. The fraction of sp³-hybridized carbons (Fsp3) is 0.200. The van der Waals surface area contributed by atoms with Gasteiger partial charge >= 0.3 is 19.9 Å². The van der Waals surface area contributed by atoms with Crippen molar-refractivity contribution < 1.29 is 37.2 Å². The Bertz CT molecular complexity index is 1080. The molecule has 0 aliphatic rings. The number of phosphoric acid groups is 1. The minimum absolute atomic E-state index is 0.0114. The fourth-order valence-electron chi connectivity index (χ4n) is 2.93. The number of carbonyl (C=O) groups is 2. The zero-order valence-corrected chi connectivity index (χ0v) is 20.1. The molecule has 0 saturated carbocycles. The van der Waals surface area contributed by atoms with Gasteiger partial charge in [-0.1, -0.05) is 66.7 Å². The quantitative estimate of drug-likeness (QED) is 0.286. The Kier molecular flexibility index (Phi) is 9.29. The van der Waals surface area contributed by atoms with Crippen molar-refractivity contribution in [3.05, 3.63) is 96.6 Å². The monoisotopic (exact) mass is 499 g/mol. The average molecular weight is 499 g/mol. The van der Waals surface area contributed by atoms with Crippen molar-refractivity contribution in [2.75, 3.05) is 7.11 Å². The van der Waals surface area contributed by atoms with Crippen molar-refractivity contribution in [1.82, 2.24) is 5.32 Å². The second-order valence-electron chi connectivity index (χ2n) is 7.27. The van der Waals surface area contributed by atoms with E-state index in [9.17, 15) is 14.2 Å². The molecule has 3 aromatic carbocycles. The molecule has 0 aliphatic heterocycles. The normalized spacial score (nSPS) is 12.6. The number of phosphoric ester groups is 1. The highest BCUT2D eigenvalue weighted by Gasteiger charge is 2.39. The molecule has 0 fully saturated rings. The molecule has 1 N–H and O–H groups in total. The molecule has 9 nitrogen and oxygen atoms in total. The number of hydrogen-bond donors (Lipinski definition) is 1. The van der Waals surface area contributed by atoms with Crippen molar-refractivity contribution >= 4 is 19.9 Å². The predicted molar refractivity (Wildman–Crippen MR) is 128 cm³/mol. The number of alkyl carbamates (subject to hydrolysis) is 1. The Morgan fingerprint density at radius 1 is 0.829 bits per heavy atom. The van der Waals surface area contributed by atoms with Crippen LogP contribution in [0.4, 0.5) is 4.79 Å². The van der Waals surface area contributed by atoms with Gasteiger partial charge in [0.2, 0.25) is 0 Å². The number of para-hydroxylation sites is 2. The molecular formula is C25H26NO8P. The summed E-state index contributed by atoms with van der Waals surface area (Å²) in [5.74, 6) is -0.382. The maximum atomic E-state index is 13.6. The molecule has 10 heteroatoms. The van der Waals surface area contributed by atoms with Crippen LogP contribution in [0.5, 0.6) is 11.5 Å². The van der Waals surface area contributed by atoms with Crippen LogP contribution in [-0.2, 0) is 30.0 Å². The van der Waals surface area contributed by atoms with Gasteiger partial charge < -0.3 is 23.8 Å². The minimum atomic E-state index is -4.33. The molecule has 3 aromatic rings. The Balaban J connectivity index is 1.74. The highest BCUT2D eigenvalue weighted by molar-refractivity contribution is 7.49. The zero-order chi connectivity index (χ0) is 25.1. The third-order valence-corrected chi connectivity index (χ3v) is 6.09. The van der Waals surface area contributed by atoms with E-state index < -0.39 is 32.0 Å². The second kappa shape index (κ2) is 12.6. The third kappa shape index (κ3) is 8.17. The van der Waals surface area contributed by atoms with E-state index in [1.54, 1.807) is 84.9 Å². The molecule has 184 valence electrons. The highest BCUT2D eigenvalue weighted by atomic mass is 31.2. The van der Waals surface area contributed by atoms with Crippen molar-refractivity contribution in [3.8, 4) is 11.5 Å². The van der Waals surface area contributed by atoms with Gasteiger partial charge in [0.25, 0.3) is 0 Å². The standard InChI is InChI=1S/C25H26NO8P/c1-19(23(24(27)30-2)26-25(28)31-18-20-12-6-3-7-13-20)32-35(29,33-21-14-8-4-9-15-21)34-22-16-10-5-11-17-22/h3-17,19,23H,18H2,1-2H3,(H,26,28)/t19?,23-/m0/s1. The lowest BCUT2D eigenvalue weighted by molar-refractivity contribution is -0.145. The van der Waals surface area contributed by atoms with Crippen molar-refractivity contribution in [3.63, 3.8) is 0 Å². The number of methoxy groups -OCH3 is 1. The van der Waals surface area contributed by atoms with Crippen molar-refractivity contribution in [2.24, 2.45) is 0 Å². The third-order valence-electron chi connectivity index (χ3n) is 4.63. The van der Waals surface area contributed by atoms with E-state index in [1.165, 1.54) is 6.92 Å². The molecule has 0 bridgehead atoms. The fourth-order valence-corrected chi connectivity index (χ4v) is 4.35. The van der Waals surface area contributed by atoms with E-state index in [2.05, 4.69) is 5.32 Å². The topological polar surface area (TPSA) is 109 Å². The summed E-state index contributed by atoms with van der Waals surface area (Å²) < 4.78 is 40.3. The zero-order valence-electron chi connectivity index (χ0n) is 19.2. The first-order valence-corrected chi connectivity index (χ1v) is 12.2. The van der Waals surface area contributed by atoms with Crippen LogP contribution in [-0.4, -0.2) is 31.3 Å². The summed E-state index contributed by atoms with van der Waals surface area (Å²) in [5, 5.41) is 2.40.